The quantitative estimate of drug-likeness (QED) is 0.355. The third-order valence-corrected chi connectivity index (χ3v) is 5.26. The molecule has 1 fully saturated rings. The SMILES string of the molecule is CC1=C(CN2C=C(N3C(=O)NC(Cc4ccc(O)c(O)c4)C3=O)CN2)C(C)NO1. The van der Waals surface area contributed by atoms with E-state index in [2.05, 4.69) is 16.2 Å². The van der Waals surface area contributed by atoms with Crippen LogP contribution in [0.5, 0.6) is 11.5 Å². The first kappa shape index (κ1) is 19.1. The Morgan fingerprint density at radius 1 is 1.24 bits per heavy atom. The number of phenols is 2. The molecule has 0 spiro atoms. The lowest BCUT2D eigenvalue weighted by atomic mass is 10.1. The third kappa shape index (κ3) is 3.59. The molecule has 0 bridgehead atoms. The number of imide groups is 1. The van der Waals surface area contributed by atoms with E-state index in [1.54, 1.807) is 12.3 Å². The van der Waals surface area contributed by atoms with Crippen molar-refractivity contribution in [3.8, 4) is 11.5 Å². The molecular weight excluding hydrogens is 378 g/mol. The minimum atomic E-state index is -0.737. The lowest BCUT2D eigenvalue weighted by Gasteiger charge is -2.17. The fraction of sp³-hybridized carbons (Fsp3) is 0.368. The molecule has 0 aromatic heterocycles. The number of allylic oxidation sites excluding steroid dienone is 1. The third-order valence-electron chi connectivity index (χ3n) is 5.26. The first-order chi connectivity index (χ1) is 13.8. The number of carbonyl (C=O) groups excluding carboxylic acids is 2. The summed E-state index contributed by atoms with van der Waals surface area (Å²) in [5, 5.41) is 23.6. The number of hydrogen-bond acceptors (Lipinski definition) is 8. The zero-order valence-corrected chi connectivity index (χ0v) is 16.1. The summed E-state index contributed by atoms with van der Waals surface area (Å²) in [5.74, 6) is -0.0406. The van der Waals surface area contributed by atoms with Gasteiger partial charge in [-0.1, -0.05) is 6.07 Å². The largest absolute Gasteiger partial charge is 0.504 e. The fourth-order valence-corrected chi connectivity index (χ4v) is 3.62. The Hall–Kier alpha value is -3.24. The van der Waals surface area contributed by atoms with Crippen molar-refractivity contribution in [1.82, 2.24) is 26.1 Å². The van der Waals surface area contributed by atoms with Crippen LogP contribution >= 0.6 is 0 Å². The molecule has 10 nitrogen and oxygen atoms in total. The van der Waals surface area contributed by atoms with Gasteiger partial charge in [-0.2, -0.15) is 5.48 Å². The van der Waals surface area contributed by atoms with Crippen LogP contribution in [0.3, 0.4) is 0 Å². The molecule has 3 amide bonds. The predicted molar refractivity (Wildman–Crippen MR) is 102 cm³/mol. The molecule has 0 saturated carbocycles. The maximum atomic E-state index is 12.8. The summed E-state index contributed by atoms with van der Waals surface area (Å²) in [7, 11) is 0. The van der Waals surface area contributed by atoms with Gasteiger partial charge in [0.15, 0.2) is 11.5 Å². The molecule has 1 aromatic carbocycles. The highest BCUT2D eigenvalue weighted by molar-refractivity contribution is 6.06. The van der Waals surface area contributed by atoms with Crippen LogP contribution in [0.15, 0.2) is 41.4 Å². The first-order valence-corrected chi connectivity index (χ1v) is 9.31. The van der Waals surface area contributed by atoms with Crippen LogP contribution in [-0.2, 0) is 16.1 Å². The number of nitrogens with zero attached hydrogens (tertiary/aromatic N) is 2. The molecular formula is C19H23N5O5. The molecule has 2 unspecified atom stereocenters. The second-order valence-electron chi connectivity index (χ2n) is 7.31. The van der Waals surface area contributed by atoms with E-state index in [0.717, 1.165) is 16.2 Å². The Labute approximate surface area is 167 Å². The molecule has 29 heavy (non-hydrogen) atoms. The Kier molecular flexibility index (Phi) is 4.81. The zero-order valence-electron chi connectivity index (χ0n) is 16.1. The number of nitrogens with one attached hydrogen (secondary N) is 3. The van der Waals surface area contributed by atoms with Crippen LogP contribution < -0.4 is 16.2 Å². The van der Waals surface area contributed by atoms with Gasteiger partial charge >= 0.3 is 6.03 Å². The topological polar surface area (TPSA) is 126 Å². The van der Waals surface area contributed by atoms with Gasteiger partial charge in [0.1, 0.15) is 11.8 Å². The van der Waals surface area contributed by atoms with E-state index in [1.807, 2.05) is 18.9 Å². The summed E-state index contributed by atoms with van der Waals surface area (Å²) < 4.78 is 0. The Morgan fingerprint density at radius 3 is 2.72 bits per heavy atom. The van der Waals surface area contributed by atoms with Crippen molar-refractivity contribution in [2.75, 3.05) is 13.1 Å². The van der Waals surface area contributed by atoms with Crippen molar-refractivity contribution in [2.45, 2.75) is 32.4 Å². The highest BCUT2D eigenvalue weighted by Crippen LogP contribution is 2.27. The van der Waals surface area contributed by atoms with Crippen LogP contribution in [0, 0.1) is 0 Å². The van der Waals surface area contributed by atoms with Gasteiger partial charge in [-0.05, 0) is 31.5 Å². The van der Waals surface area contributed by atoms with Crippen molar-refractivity contribution in [3.63, 3.8) is 0 Å². The Balaban J connectivity index is 1.45. The minimum Gasteiger partial charge on any atom is -0.504 e. The van der Waals surface area contributed by atoms with E-state index in [4.69, 9.17) is 4.84 Å². The van der Waals surface area contributed by atoms with Gasteiger partial charge in [0.05, 0.1) is 24.8 Å². The molecule has 0 radical (unpaired) electrons. The van der Waals surface area contributed by atoms with E-state index >= 15 is 0 Å². The van der Waals surface area contributed by atoms with Crippen LogP contribution in [0.1, 0.15) is 19.4 Å². The monoisotopic (exact) mass is 401 g/mol. The Bertz CT molecular complexity index is 928. The summed E-state index contributed by atoms with van der Waals surface area (Å²) in [6, 6.07) is 3.20. The van der Waals surface area contributed by atoms with Gasteiger partial charge in [-0.15, -0.1) is 0 Å². The van der Waals surface area contributed by atoms with E-state index in [-0.39, 0.29) is 29.9 Å². The van der Waals surface area contributed by atoms with E-state index in [9.17, 15) is 19.8 Å². The number of aromatic hydroxyl groups is 2. The van der Waals surface area contributed by atoms with Crippen LogP contribution in [0.4, 0.5) is 4.79 Å². The zero-order chi connectivity index (χ0) is 20.7. The highest BCUT2D eigenvalue weighted by Gasteiger charge is 2.41. The number of hydroxylamine groups is 1. The molecule has 3 aliphatic heterocycles. The maximum Gasteiger partial charge on any atom is 0.329 e. The molecule has 2 atom stereocenters. The molecule has 3 heterocycles. The molecule has 4 rings (SSSR count). The lowest BCUT2D eigenvalue weighted by Crippen LogP contribution is -2.35. The van der Waals surface area contributed by atoms with Gasteiger partial charge in [-0.25, -0.2) is 15.1 Å². The normalized spacial score (nSPS) is 24.3. The Morgan fingerprint density at radius 2 is 2.03 bits per heavy atom. The number of benzene rings is 1. The van der Waals surface area contributed by atoms with Crippen molar-refractivity contribution in [1.29, 1.82) is 0 Å². The lowest BCUT2D eigenvalue weighted by molar-refractivity contribution is -0.126. The summed E-state index contributed by atoms with van der Waals surface area (Å²) in [5.41, 5.74) is 8.33. The van der Waals surface area contributed by atoms with Gasteiger partial charge < -0.3 is 25.4 Å². The maximum absolute atomic E-state index is 12.8. The summed E-state index contributed by atoms with van der Waals surface area (Å²) in [6.45, 7) is 4.79. The minimum absolute atomic E-state index is 0.0806. The van der Waals surface area contributed by atoms with E-state index in [0.29, 0.717) is 24.4 Å². The number of phenolic OH excluding ortho intramolecular Hbond substituents is 2. The number of hydrazine groups is 1. The van der Waals surface area contributed by atoms with Crippen LogP contribution in [0.2, 0.25) is 0 Å². The van der Waals surface area contributed by atoms with Gasteiger partial charge in [-0.3, -0.25) is 4.79 Å². The standard InChI is InChI=1S/C19H23N5O5/c1-10-14(11(2)29-22-10)9-23-8-13(7-20-23)24-18(27)15(21-19(24)28)5-12-3-4-16(25)17(26)6-12/h3-4,6,8,10,15,20,22,25-26H,5,7,9H2,1-2H3,(H,21,28). The van der Waals surface area contributed by atoms with Crippen LogP contribution in [-0.4, -0.2) is 57.2 Å². The number of hydrogen-bond donors (Lipinski definition) is 5. The molecule has 5 N–H and O–H groups in total. The van der Waals surface area contributed by atoms with Crippen molar-refractivity contribution in [3.05, 3.63) is 47.0 Å². The number of urea groups is 1. The van der Waals surface area contributed by atoms with E-state index < -0.39 is 12.1 Å². The highest BCUT2D eigenvalue weighted by atomic mass is 16.7. The predicted octanol–water partition coefficient (Wildman–Crippen LogP) is 0.420. The number of rotatable bonds is 5. The molecule has 3 aliphatic rings. The average Bonchev–Trinajstić information content (AvgIpc) is 3.33. The second kappa shape index (κ2) is 7.30. The molecule has 154 valence electrons. The second-order valence-corrected chi connectivity index (χ2v) is 7.31. The average molecular weight is 401 g/mol. The molecule has 1 saturated heterocycles. The first-order valence-electron chi connectivity index (χ1n) is 9.31. The summed E-state index contributed by atoms with van der Waals surface area (Å²) in [4.78, 5) is 31.7. The molecule has 0 aliphatic carbocycles. The van der Waals surface area contributed by atoms with Gasteiger partial charge in [0.2, 0.25) is 0 Å². The molecule has 1 aromatic rings. The number of carbonyl (C=O) groups is 2. The van der Waals surface area contributed by atoms with Crippen LogP contribution in [0.25, 0.3) is 0 Å². The number of amides is 3. The molecule has 10 heteroatoms. The van der Waals surface area contributed by atoms with Crippen molar-refractivity contribution < 1.29 is 24.6 Å². The van der Waals surface area contributed by atoms with E-state index in [1.165, 1.54) is 12.1 Å². The fourth-order valence-electron chi connectivity index (χ4n) is 3.62. The van der Waals surface area contributed by atoms with Crippen molar-refractivity contribution >= 4 is 11.9 Å². The van der Waals surface area contributed by atoms with Crippen molar-refractivity contribution in [2.24, 2.45) is 0 Å². The van der Waals surface area contributed by atoms with Gasteiger partial charge in [0, 0.05) is 18.2 Å². The smallest absolute Gasteiger partial charge is 0.329 e. The van der Waals surface area contributed by atoms with Gasteiger partial charge in [0.25, 0.3) is 5.91 Å². The summed E-state index contributed by atoms with van der Waals surface area (Å²) in [6.07, 6.45) is 1.96. The summed E-state index contributed by atoms with van der Waals surface area (Å²) >= 11 is 0.